The molecule has 2 aromatic heterocycles. The van der Waals surface area contributed by atoms with E-state index >= 15 is 0 Å². The van der Waals surface area contributed by atoms with E-state index in [2.05, 4.69) is 17.0 Å². The van der Waals surface area contributed by atoms with E-state index in [4.69, 9.17) is 0 Å². The number of carbonyl (C=O) groups excluding carboxylic acids is 1. The van der Waals surface area contributed by atoms with Crippen LogP contribution in [-0.4, -0.2) is 43.9 Å². The summed E-state index contributed by atoms with van der Waals surface area (Å²) in [5.74, 6) is -4.34. The predicted octanol–water partition coefficient (Wildman–Crippen LogP) is 5.63. The number of aryl methyl sites for hydroxylation is 1. The van der Waals surface area contributed by atoms with Gasteiger partial charge in [-0.3, -0.25) is 4.79 Å². The van der Waals surface area contributed by atoms with Crippen molar-refractivity contribution in [2.75, 3.05) is 6.54 Å². The van der Waals surface area contributed by atoms with Gasteiger partial charge in [0.2, 0.25) is 0 Å². The second-order valence-corrected chi connectivity index (χ2v) is 9.24. The van der Waals surface area contributed by atoms with Gasteiger partial charge in [-0.2, -0.15) is 5.10 Å². The molecule has 1 saturated carbocycles. The van der Waals surface area contributed by atoms with Crippen molar-refractivity contribution < 1.29 is 18.0 Å². The zero-order valence-corrected chi connectivity index (χ0v) is 18.8. The van der Waals surface area contributed by atoms with Gasteiger partial charge in [-0.1, -0.05) is 25.8 Å². The van der Waals surface area contributed by atoms with E-state index < -0.39 is 17.7 Å². The molecule has 1 aliphatic heterocycles. The summed E-state index contributed by atoms with van der Waals surface area (Å²) in [4.78, 5) is 19.7. The molecule has 0 spiro atoms. The number of alkyl halides is 2. The molecule has 1 amide bonds. The van der Waals surface area contributed by atoms with Gasteiger partial charge in [-0.15, -0.1) is 0 Å². The summed E-state index contributed by atoms with van der Waals surface area (Å²) in [6.07, 6.45) is 4.58. The number of carbonyl (C=O) groups is 1. The number of benzene rings is 1. The van der Waals surface area contributed by atoms with Crippen LogP contribution in [0.5, 0.6) is 0 Å². The maximum absolute atomic E-state index is 14.8. The molecule has 0 unspecified atom stereocenters. The van der Waals surface area contributed by atoms with Crippen LogP contribution in [0.25, 0.3) is 16.9 Å². The van der Waals surface area contributed by atoms with Crippen LogP contribution in [0.2, 0.25) is 0 Å². The van der Waals surface area contributed by atoms with Crippen molar-refractivity contribution in [3.63, 3.8) is 0 Å². The van der Waals surface area contributed by atoms with Crippen LogP contribution < -0.4 is 0 Å². The van der Waals surface area contributed by atoms with Crippen LogP contribution in [0, 0.1) is 5.82 Å². The molecule has 1 aliphatic carbocycles. The minimum atomic E-state index is -2.75. The SMILES string of the molecule is CCc1cc(C(=O)N2CCCCC[C@H]2C)nc2cc(-c3ccc([C@@H]4CC4(F)F)cc3F)nn12. The average molecular weight is 457 g/mol. The lowest BCUT2D eigenvalue weighted by atomic mass is 10.1. The molecule has 5 rings (SSSR count). The number of hydrogen-bond acceptors (Lipinski definition) is 3. The molecule has 174 valence electrons. The van der Waals surface area contributed by atoms with E-state index in [9.17, 15) is 18.0 Å². The van der Waals surface area contributed by atoms with E-state index in [1.54, 1.807) is 16.6 Å². The van der Waals surface area contributed by atoms with Crippen molar-refractivity contribution in [2.24, 2.45) is 0 Å². The highest BCUT2D eigenvalue weighted by Gasteiger charge is 2.57. The number of aromatic nitrogens is 3. The first-order valence-electron chi connectivity index (χ1n) is 11.7. The van der Waals surface area contributed by atoms with E-state index in [0.717, 1.165) is 37.9 Å². The molecular formula is C25H27F3N4O. The number of rotatable bonds is 4. The average Bonchev–Trinajstić information content (AvgIpc) is 3.31. The van der Waals surface area contributed by atoms with Crippen LogP contribution >= 0.6 is 0 Å². The zero-order chi connectivity index (χ0) is 23.3. The first kappa shape index (κ1) is 21.9. The monoisotopic (exact) mass is 456 g/mol. The summed E-state index contributed by atoms with van der Waals surface area (Å²) in [6.45, 7) is 4.75. The van der Waals surface area contributed by atoms with Crippen LogP contribution in [0.4, 0.5) is 13.2 Å². The molecule has 8 heteroatoms. The van der Waals surface area contributed by atoms with Crippen LogP contribution in [-0.2, 0) is 6.42 Å². The van der Waals surface area contributed by atoms with E-state index in [-0.39, 0.29) is 23.9 Å². The fraction of sp³-hybridized carbons (Fsp3) is 0.480. The minimum absolute atomic E-state index is 0.0924. The van der Waals surface area contributed by atoms with Crippen molar-refractivity contribution in [3.05, 3.63) is 53.1 Å². The Kier molecular flexibility index (Phi) is 5.41. The third kappa shape index (κ3) is 4.00. The Morgan fingerprint density at radius 3 is 2.67 bits per heavy atom. The van der Waals surface area contributed by atoms with Gasteiger partial charge in [0.15, 0.2) is 5.65 Å². The number of hydrogen-bond donors (Lipinski definition) is 0. The Labute approximate surface area is 190 Å². The van der Waals surface area contributed by atoms with E-state index in [1.807, 2.05) is 11.8 Å². The largest absolute Gasteiger partial charge is 0.335 e. The number of likely N-dealkylation sites (tertiary alicyclic amines) is 1. The molecule has 2 fully saturated rings. The Balaban J connectivity index is 1.50. The number of amides is 1. The van der Waals surface area contributed by atoms with Crippen LogP contribution in [0.3, 0.4) is 0 Å². The van der Waals surface area contributed by atoms with Crippen molar-refractivity contribution in [2.45, 2.75) is 70.3 Å². The molecule has 2 aliphatic rings. The Morgan fingerprint density at radius 2 is 1.97 bits per heavy atom. The summed E-state index contributed by atoms with van der Waals surface area (Å²) < 4.78 is 43.2. The summed E-state index contributed by atoms with van der Waals surface area (Å²) in [6, 6.07) is 7.78. The predicted molar refractivity (Wildman–Crippen MR) is 119 cm³/mol. The molecular weight excluding hydrogens is 429 g/mol. The highest BCUT2D eigenvalue weighted by atomic mass is 19.3. The number of fused-ring (bicyclic) bond motifs is 1. The zero-order valence-electron chi connectivity index (χ0n) is 18.8. The lowest BCUT2D eigenvalue weighted by molar-refractivity contribution is 0.0691. The third-order valence-corrected chi connectivity index (χ3v) is 6.89. The van der Waals surface area contributed by atoms with Crippen LogP contribution in [0.15, 0.2) is 30.3 Å². The minimum Gasteiger partial charge on any atom is -0.335 e. The quantitative estimate of drug-likeness (QED) is 0.512. The Morgan fingerprint density at radius 1 is 1.18 bits per heavy atom. The second kappa shape index (κ2) is 8.15. The molecule has 0 N–H and O–H groups in total. The van der Waals surface area contributed by atoms with Crippen molar-refractivity contribution in [3.8, 4) is 11.3 Å². The Hall–Kier alpha value is -2.90. The first-order chi connectivity index (χ1) is 15.8. The molecule has 33 heavy (non-hydrogen) atoms. The molecule has 1 aromatic carbocycles. The number of halogens is 3. The topological polar surface area (TPSA) is 50.5 Å². The first-order valence-corrected chi connectivity index (χ1v) is 11.7. The van der Waals surface area contributed by atoms with Gasteiger partial charge < -0.3 is 4.90 Å². The fourth-order valence-electron chi connectivity index (χ4n) is 4.78. The summed E-state index contributed by atoms with van der Waals surface area (Å²) >= 11 is 0. The van der Waals surface area contributed by atoms with Gasteiger partial charge >= 0.3 is 0 Å². The summed E-state index contributed by atoms with van der Waals surface area (Å²) in [5.41, 5.74) is 2.52. The lowest BCUT2D eigenvalue weighted by Gasteiger charge is -2.27. The van der Waals surface area contributed by atoms with Crippen molar-refractivity contribution in [1.29, 1.82) is 0 Å². The molecule has 5 nitrogen and oxygen atoms in total. The van der Waals surface area contributed by atoms with Gasteiger partial charge in [0, 0.05) is 36.3 Å². The third-order valence-electron chi connectivity index (χ3n) is 6.89. The molecule has 2 atom stereocenters. The van der Waals surface area contributed by atoms with Gasteiger partial charge in [0.1, 0.15) is 11.5 Å². The fourth-order valence-corrected chi connectivity index (χ4v) is 4.78. The van der Waals surface area contributed by atoms with E-state index in [0.29, 0.717) is 29.0 Å². The van der Waals surface area contributed by atoms with Crippen LogP contribution in [0.1, 0.15) is 73.6 Å². The molecule has 1 saturated heterocycles. The van der Waals surface area contributed by atoms with Gasteiger partial charge in [-0.25, -0.2) is 22.7 Å². The lowest BCUT2D eigenvalue weighted by Crippen LogP contribution is -2.38. The van der Waals surface area contributed by atoms with Gasteiger partial charge in [-0.05, 0) is 49.9 Å². The Bertz CT molecular complexity index is 1220. The van der Waals surface area contributed by atoms with Crippen molar-refractivity contribution in [1.82, 2.24) is 19.5 Å². The summed E-state index contributed by atoms with van der Waals surface area (Å²) in [5, 5.41) is 4.52. The number of nitrogens with zero attached hydrogens (tertiary/aromatic N) is 4. The van der Waals surface area contributed by atoms with Gasteiger partial charge in [0.05, 0.1) is 11.6 Å². The normalized spacial score (nSPS) is 22.4. The summed E-state index contributed by atoms with van der Waals surface area (Å²) in [7, 11) is 0. The molecule has 3 aromatic rings. The maximum Gasteiger partial charge on any atom is 0.272 e. The highest BCUT2D eigenvalue weighted by Crippen LogP contribution is 2.55. The van der Waals surface area contributed by atoms with Crippen molar-refractivity contribution >= 4 is 11.6 Å². The maximum atomic E-state index is 14.8. The molecule has 0 bridgehead atoms. The molecule has 3 heterocycles. The highest BCUT2D eigenvalue weighted by molar-refractivity contribution is 5.93. The smallest absolute Gasteiger partial charge is 0.272 e. The van der Waals surface area contributed by atoms with Gasteiger partial charge in [0.25, 0.3) is 11.8 Å². The van der Waals surface area contributed by atoms with E-state index in [1.165, 1.54) is 18.2 Å². The standard InChI is InChI=1S/C25H27F3N4O/c1-3-17-12-22(24(33)31-10-6-4-5-7-15(31)2)29-23-13-21(30-32(17)23)18-9-8-16(11-20(18)26)19-14-25(19,27)28/h8-9,11-13,15,19H,3-7,10,14H2,1-2H3/t15-,19+/m1/s1. The molecule has 0 radical (unpaired) electrons. The second-order valence-electron chi connectivity index (χ2n) is 9.24.